The van der Waals surface area contributed by atoms with E-state index in [9.17, 15) is 4.39 Å². The molecular weight excluding hydrogens is 319 g/mol. The molecule has 5 heteroatoms. The van der Waals surface area contributed by atoms with Crippen LogP contribution in [0.5, 0.6) is 0 Å². The van der Waals surface area contributed by atoms with E-state index in [2.05, 4.69) is 10.6 Å². The molecule has 0 bridgehead atoms. The second-order valence-electron chi connectivity index (χ2n) is 4.90. The van der Waals surface area contributed by atoms with Gasteiger partial charge in [0.1, 0.15) is 5.82 Å². The van der Waals surface area contributed by atoms with Gasteiger partial charge in [-0.2, -0.15) is 0 Å². The van der Waals surface area contributed by atoms with Crippen molar-refractivity contribution in [2.75, 3.05) is 13.1 Å². The van der Waals surface area contributed by atoms with Crippen molar-refractivity contribution in [1.82, 2.24) is 10.6 Å². The Kier molecular flexibility index (Phi) is 6.62. The Labute approximate surface area is 140 Å². The normalized spacial score (nSPS) is 10.3. The van der Waals surface area contributed by atoms with Crippen LogP contribution in [0.3, 0.4) is 0 Å². The van der Waals surface area contributed by atoms with Crippen LogP contribution in [0.2, 0.25) is 5.02 Å². The van der Waals surface area contributed by atoms with Crippen LogP contribution in [-0.2, 0) is 12.8 Å². The summed E-state index contributed by atoms with van der Waals surface area (Å²) in [7, 11) is 0. The van der Waals surface area contributed by atoms with E-state index in [1.165, 1.54) is 11.6 Å². The SMILES string of the molecule is Fc1ccccc1CCNC(=S)NCCc1ccc(Cl)cc1. The van der Waals surface area contributed by atoms with Crippen molar-refractivity contribution in [2.45, 2.75) is 12.8 Å². The van der Waals surface area contributed by atoms with E-state index < -0.39 is 0 Å². The highest BCUT2D eigenvalue weighted by molar-refractivity contribution is 7.80. The summed E-state index contributed by atoms with van der Waals surface area (Å²) >= 11 is 11.0. The molecule has 0 saturated carbocycles. The van der Waals surface area contributed by atoms with E-state index in [1.807, 2.05) is 30.3 Å². The average molecular weight is 337 g/mol. The Hall–Kier alpha value is -1.65. The molecule has 116 valence electrons. The van der Waals surface area contributed by atoms with Crippen molar-refractivity contribution < 1.29 is 4.39 Å². The van der Waals surface area contributed by atoms with E-state index in [4.69, 9.17) is 23.8 Å². The van der Waals surface area contributed by atoms with E-state index in [1.54, 1.807) is 12.1 Å². The maximum Gasteiger partial charge on any atom is 0.166 e. The molecule has 0 fully saturated rings. The number of hydrogen-bond donors (Lipinski definition) is 2. The third kappa shape index (κ3) is 5.62. The third-order valence-electron chi connectivity index (χ3n) is 3.25. The van der Waals surface area contributed by atoms with Crippen LogP contribution in [0.1, 0.15) is 11.1 Å². The second kappa shape index (κ2) is 8.71. The Bertz CT molecular complexity index is 616. The van der Waals surface area contributed by atoms with Gasteiger partial charge < -0.3 is 10.6 Å². The van der Waals surface area contributed by atoms with E-state index >= 15 is 0 Å². The van der Waals surface area contributed by atoms with Crippen molar-refractivity contribution in [2.24, 2.45) is 0 Å². The molecular formula is C17H18ClFN2S. The van der Waals surface area contributed by atoms with E-state index in [-0.39, 0.29) is 5.82 Å². The van der Waals surface area contributed by atoms with Crippen LogP contribution < -0.4 is 10.6 Å². The van der Waals surface area contributed by atoms with Crippen LogP contribution >= 0.6 is 23.8 Å². The maximum absolute atomic E-state index is 13.4. The number of nitrogens with one attached hydrogen (secondary N) is 2. The molecule has 0 aliphatic carbocycles. The Morgan fingerprint density at radius 3 is 2.27 bits per heavy atom. The van der Waals surface area contributed by atoms with Crippen molar-refractivity contribution >= 4 is 28.9 Å². The van der Waals surface area contributed by atoms with Gasteiger partial charge in [-0.15, -0.1) is 0 Å². The lowest BCUT2D eigenvalue weighted by atomic mass is 10.1. The fourth-order valence-corrected chi connectivity index (χ4v) is 2.38. The van der Waals surface area contributed by atoms with Gasteiger partial charge in [0.15, 0.2) is 5.11 Å². The molecule has 0 amide bonds. The molecule has 0 aliphatic rings. The Balaban J connectivity index is 1.64. The Morgan fingerprint density at radius 1 is 0.955 bits per heavy atom. The van der Waals surface area contributed by atoms with Crippen LogP contribution in [0.4, 0.5) is 4.39 Å². The van der Waals surface area contributed by atoms with E-state index in [0.29, 0.717) is 23.6 Å². The van der Waals surface area contributed by atoms with Gasteiger partial charge in [-0.1, -0.05) is 41.9 Å². The second-order valence-corrected chi connectivity index (χ2v) is 5.75. The molecule has 2 aromatic rings. The monoisotopic (exact) mass is 336 g/mol. The predicted octanol–water partition coefficient (Wildman–Crippen LogP) is 3.73. The summed E-state index contributed by atoms with van der Waals surface area (Å²) in [5.41, 5.74) is 1.89. The summed E-state index contributed by atoms with van der Waals surface area (Å²) in [6, 6.07) is 14.5. The van der Waals surface area contributed by atoms with Crippen LogP contribution in [0.25, 0.3) is 0 Å². The van der Waals surface area contributed by atoms with Crippen LogP contribution in [0.15, 0.2) is 48.5 Å². The summed E-state index contributed by atoms with van der Waals surface area (Å²) in [6.45, 7) is 1.35. The molecule has 0 unspecified atom stereocenters. The van der Waals surface area contributed by atoms with Crippen molar-refractivity contribution in [3.8, 4) is 0 Å². The minimum absolute atomic E-state index is 0.175. The highest BCUT2D eigenvalue weighted by Crippen LogP contribution is 2.09. The first-order valence-corrected chi connectivity index (χ1v) is 7.93. The highest BCUT2D eigenvalue weighted by atomic mass is 35.5. The molecule has 2 rings (SSSR count). The number of hydrogen-bond acceptors (Lipinski definition) is 1. The number of thiocarbonyl (C=S) groups is 1. The summed E-state index contributed by atoms with van der Waals surface area (Å²) in [4.78, 5) is 0. The first kappa shape index (κ1) is 16.7. The molecule has 2 aromatic carbocycles. The number of benzene rings is 2. The minimum Gasteiger partial charge on any atom is -0.362 e. The van der Waals surface area contributed by atoms with Gasteiger partial charge in [-0.25, -0.2) is 4.39 Å². The van der Waals surface area contributed by atoms with Crippen molar-refractivity contribution in [3.05, 3.63) is 70.5 Å². The molecule has 0 heterocycles. The highest BCUT2D eigenvalue weighted by Gasteiger charge is 2.01. The molecule has 22 heavy (non-hydrogen) atoms. The van der Waals surface area contributed by atoms with Gasteiger partial charge in [0.2, 0.25) is 0 Å². The third-order valence-corrected chi connectivity index (χ3v) is 3.79. The molecule has 2 N–H and O–H groups in total. The summed E-state index contributed by atoms with van der Waals surface area (Å²) in [5, 5.41) is 7.55. The zero-order valence-electron chi connectivity index (χ0n) is 12.1. The van der Waals surface area contributed by atoms with Gasteiger partial charge in [0, 0.05) is 18.1 Å². The zero-order chi connectivity index (χ0) is 15.8. The number of rotatable bonds is 6. The van der Waals surface area contributed by atoms with Crippen LogP contribution in [-0.4, -0.2) is 18.2 Å². The first-order chi connectivity index (χ1) is 10.6. The topological polar surface area (TPSA) is 24.1 Å². The Morgan fingerprint density at radius 2 is 1.59 bits per heavy atom. The van der Waals surface area contributed by atoms with Crippen molar-refractivity contribution in [1.29, 1.82) is 0 Å². The smallest absolute Gasteiger partial charge is 0.166 e. The molecule has 0 saturated heterocycles. The fraction of sp³-hybridized carbons (Fsp3) is 0.235. The quantitative estimate of drug-likeness (QED) is 0.786. The molecule has 0 radical (unpaired) electrons. The largest absolute Gasteiger partial charge is 0.362 e. The van der Waals surface area contributed by atoms with Gasteiger partial charge in [-0.05, 0) is 54.4 Å². The molecule has 0 spiro atoms. The average Bonchev–Trinajstić information content (AvgIpc) is 2.51. The van der Waals surface area contributed by atoms with Gasteiger partial charge >= 0.3 is 0 Å². The minimum atomic E-state index is -0.175. The standard InChI is InChI=1S/C17H18ClFN2S/c18-15-7-5-13(6-8-15)9-11-20-17(22)21-12-10-14-3-1-2-4-16(14)19/h1-8H,9-12H2,(H2,20,21,22). The van der Waals surface area contributed by atoms with Gasteiger partial charge in [0.05, 0.1) is 0 Å². The van der Waals surface area contributed by atoms with Crippen molar-refractivity contribution in [3.63, 3.8) is 0 Å². The fourth-order valence-electron chi connectivity index (χ4n) is 2.05. The summed E-state index contributed by atoms with van der Waals surface area (Å²) in [5.74, 6) is -0.175. The maximum atomic E-state index is 13.4. The van der Waals surface area contributed by atoms with Gasteiger partial charge in [-0.3, -0.25) is 0 Å². The van der Waals surface area contributed by atoms with Gasteiger partial charge in [0.25, 0.3) is 0 Å². The molecule has 0 aromatic heterocycles. The lowest BCUT2D eigenvalue weighted by Crippen LogP contribution is -2.37. The zero-order valence-corrected chi connectivity index (χ0v) is 13.7. The van der Waals surface area contributed by atoms with Crippen LogP contribution in [0, 0.1) is 5.82 Å². The molecule has 2 nitrogen and oxygen atoms in total. The first-order valence-electron chi connectivity index (χ1n) is 7.15. The van der Waals surface area contributed by atoms with E-state index in [0.717, 1.165) is 18.0 Å². The molecule has 0 aliphatic heterocycles. The molecule has 0 atom stereocenters. The lowest BCUT2D eigenvalue weighted by Gasteiger charge is -2.11. The summed E-state index contributed by atoms with van der Waals surface area (Å²) < 4.78 is 13.4. The summed E-state index contributed by atoms with van der Waals surface area (Å²) in [6.07, 6.45) is 1.47. The predicted molar refractivity (Wildman–Crippen MR) is 93.9 cm³/mol. The lowest BCUT2D eigenvalue weighted by molar-refractivity contribution is 0.607. The number of halogens is 2.